The Kier molecular flexibility index (Phi) is 6.98. The maximum absolute atomic E-state index is 13.5. The van der Waals surface area contributed by atoms with Crippen LogP contribution in [0.2, 0.25) is 5.02 Å². The fourth-order valence-corrected chi connectivity index (χ4v) is 3.88. The first-order chi connectivity index (χ1) is 16.0. The second kappa shape index (κ2) is 10.1. The number of hydrogen-bond donors (Lipinski definition) is 1. The minimum absolute atomic E-state index is 0.0133. The Bertz CT molecular complexity index is 1150. The molecule has 0 aliphatic carbocycles. The average Bonchev–Trinajstić information content (AvgIpc) is 2.82. The third kappa shape index (κ3) is 5.19. The number of carbonyl (C=O) groups is 1. The molecule has 1 aliphatic rings. The van der Waals surface area contributed by atoms with Crippen molar-refractivity contribution in [1.82, 2.24) is 14.9 Å². The molecule has 2 heterocycles. The van der Waals surface area contributed by atoms with Crippen molar-refractivity contribution >= 4 is 40.1 Å². The molecule has 0 unspecified atom stereocenters. The summed E-state index contributed by atoms with van der Waals surface area (Å²) in [4.78, 5) is 22.1. The van der Waals surface area contributed by atoms with Gasteiger partial charge in [0.25, 0.3) is 0 Å². The number of rotatable bonds is 6. The van der Waals surface area contributed by atoms with Gasteiger partial charge in [0, 0.05) is 43.1 Å². The lowest BCUT2D eigenvalue weighted by Gasteiger charge is -2.31. The SMILES string of the molecule is CCOc1cc2ncnc(Nc3ccc(F)c(Cl)c3)c2cc1OC1CCN(C(=O)OC)CC1. The standard InChI is InChI=1S/C23H24ClFN4O4/c1-3-32-20-12-19-16(11-21(20)33-15-6-8-29(9-7-15)23(30)31-2)22(27-13-26-19)28-14-4-5-18(25)17(24)10-14/h4-5,10-13,15H,3,6-9H2,1-2H3,(H,26,27,28). The minimum Gasteiger partial charge on any atom is -0.490 e. The highest BCUT2D eigenvalue weighted by Gasteiger charge is 2.25. The van der Waals surface area contributed by atoms with Crippen molar-refractivity contribution in [3.63, 3.8) is 0 Å². The van der Waals surface area contributed by atoms with Gasteiger partial charge in [-0.2, -0.15) is 0 Å². The highest BCUT2D eigenvalue weighted by atomic mass is 35.5. The van der Waals surface area contributed by atoms with Crippen LogP contribution >= 0.6 is 11.6 Å². The van der Waals surface area contributed by atoms with E-state index in [1.807, 2.05) is 19.1 Å². The monoisotopic (exact) mass is 474 g/mol. The molecule has 1 aromatic heterocycles. The third-order valence-corrected chi connectivity index (χ3v) is 5.64. The first-order valence-corrected chi connectivity index (χ1v) is 11.0. The minimum atomic E-state index is -0.495. The molecule has 10 heteroatoms. The van der Waals surface area contributed by atoms with Crippen molar-refractivity contribution in [2.75, 3.05) is 32.1 Å². The number of carbonyl (C=O) groups excluding carboxylic acids is 1. The predicted molar refractivity (Wildman–Crippen MR) is 123 cm³/mol. The number of halogens is 2. The second-order valence-corrected chi connectivity index (χ2v) is 7.91. The first kappa shape index (κ1) is 22.8. The third-order valence-electron chi connectivity index (χ3n) is 5.35. The number of benzene rings is 2. The fraction of sp³-hybridized carbons (Fsp3) is 0.348. The number of aromatic nitrogens is 2. The molecule has 0 saturated carbocycles. The lowest BCUT2D eigenvalue weighted by atomic mass is 10.1. The van der Waals surface area contributed by atoms with Gasteiger partial charge < -0.3 is 24.4 Å². The molecule has 2 aromatic carbocycles. The molecule has 8 nitrogen and oxygen atoms in total. The molecular weight excluding hydrogens is 451 g/mol. The van der Waals surface area contributed by atoms with Gasteiger partial charge >= 0.3 is 6.09 Å². The molecule has 1 saturated heterocycles. The van der Waals surface area contributed by atoms with Crippen LogP contribution in [0.25, 0.3) is 10.9 Å². The molecule has 1 aliphatic heterocycles. The van der Waals surface area contributed by atoms with Crippen molar-refractivity contribution < 1.29 is 23.4 Å². The van der Waals surface area contributed by atoms with Crippen LogP contribution in [0.1, 0.15) is 19.8 Å². The Morgan fingerprint density at radius 2 is 2.00 bits per heavy atom. The summed E-state index contributed by atoms with van der Waals surface area (Å²) >= 11 is 5.91. The summed E-state index contributed by atoms with van der Waals surface area (Å²) < 4.78 is 30.4. The van der Waals surface area contributed by atoms with Crippen molar-refractivity contribution in [3.05, 3.63) is 47.5 Å². The molecule has 1 N–H and O–H groups in total. The number of nitrogens with zero attached hydrogens (tertiary/aromatic N) is 3. The van der Waals surface area contributed by atoms with Crippen LogP contribution < -0.4 is 14.8 Å². The van der Waals surface area contributed by atoms with Crippen molar-refractivity contribution in [2.45, 2.75) is 25.9 Å². The van der Waals surface area contributed by atoms with Gasteiger partial charge in [0.1, 0.15) is 24.1 Å². The van der Waals surface area contributed by atoms with E-state index in [4.69, 9.17) is 25.8 Å². The molecule has 33 heavy (non-hydrogen) atoms. The molecule has 1 fully saturated rings. The number of ether oxygens (including phenoxy) is 3. The number of hydrogen-bond acceptors (Lipinski definition) is 7. The molecule has 1 amide bonds. The molecule has 3 aromatic rings. The van der Waals surface area contributed by atoms with Crippen molar-refractivity contribution in [3.8, 4) is 11.5 Å². The van der Waals surface area contributed by atoms with E-state index in [9.17, 15) is 9.18 Å². The van der Waals surface area contributed by atoms with Gasteiger partial charge in [0.05, 0.1) is 24.3 Å². The summed E-state index contributed by atoms with van der Waals surface area (Å²) in [5, 5.41) is 3.89. The maximum atomic E-state index is 13.5. The molecule has 174 valence electrons. The van der Waals surface area contributed by atoms with Gasteiger partial charge in [-0.05, 0) is 31.2 Å². The van der Waals surface area contributed by atoms with E-state index >= 15 is 0 Å². The number of likely N-dealkylation sites (tertiary alicyclic amines) is 1. The van der Waals surface area contributed by atoms with Crippen LogP contribution in [-0.4, -0.2) is 53.9 Å². The first-order valence-electron chi connectivity index (χ1n) is 10.6. The Hall–Kier alpha value is -3.33. The zero-order valence-electron chi connectivity index (χ0n) is 18.3. The number of fused-ring (bicyclic) bond motifs is 1. The highest BCUT2D eigenvalue weighted by molar-refractivity contribution is 6.31. The van der Waals surface area contributed by atoms with E-state index < -0.39 is 5.82 Å². The topological polar surface area (TPSA) is 85.8 Å². The lowest BCUT2D eigenvalue weighted by molar-refractivity contribution is 0.0776. The van der Waals surface area contributed by atoms with Gasteiger partial charge in [0.2, 0.25) is 0 Å². The lowest BCUT2D eigenvalue weighted by Crippen LogP contribution is -2.41. The normalized spacial score (nSPS) is 14.2. The van der Waals surface area contributed by atoms with Gasteiger partial charge in [-0.25, -0.2) is 19.2 Å². The van der Waals surface area contributed by atoms with E-state index in [0.29, 0.717) is 66.4 Å². The smallest absolute Gasteiger partial charge is 0.409 e. The Labute approximate surface area is 195 Å². The van der Waals surface area contributed by atoms with Gasteiger partial charge in [-0.1, -0.05) is 11.6 Å². The molecule has 0 bridgehead atoms. The zero-order chi connectivity index (χ0) is 23.4. The predicted octanol–water partition coefficient (Wildman–Crippen LogP) is 5.17. The Balaban J connectivity index is 1.61. The van der Waals surface area contributed by atoms with Gasteiger partial charge in [-0.15, -0.1) is 0 Å². The molecule has 0 radical (unpaired) electrons. The van der Waals surface area contributed by atoms with E-state index in [1.165, 1.54) is 25.6 Å². The summed E-state index contributed by atoms with van der Waals surface area (Å²) in [6.07, 6.45) is 2.36. The van der Waals surface area contributed by atoms with Crippen LogP contribution in [0.3, 0.4) is 0 Å². The van der Waals surface area contributed by atoms with Crippen LogP contribution in [0, 0.1) is 5.82 Å². The largest absolute Gasteiger partial charge is 0.490 e. The fourth-order valence-electron chi connectivity index (χ4n) is 3.70. The zero-order valence-corrected chi connectivity index (χ0v) is 19.1. The van der Waals surface area contributed by atoms with Crippen LogP contribution in [0.15, 0.2) is 36.7 Å². The van der Waals surface area contributed by atoms with Gasteiger partial charge in [-0.3, -0.25) is 0 Å². The average molecular weight is 475 g/mol. The van der Waals surface area contributed by atoms with E-state index in [2.05, 4.69) is 15.3 Å². The van der Waals surface area contributed by atoms with Crippen molar-refractivity contribution in [2.24, 2.45) is 0 Å². The second-order valence-electron chi connectivity index (χ2n) is 7.50. The maximum Gasteiger partial charge on any atom is 0.409 e. The molecule has 0 spiro atoms. The summed E-state index contributed by atoms with van der Waals surface area (Å²) in [5.41, 5.74) is 1.25. The summed E-state index contributed by atoms with van der Waals surface area (Å²) in [7, 11) is 1.38. The summed E-state index contributed by atoms with van der Waals surface area (Å²) in [6.45, 7) is 3.47. The van der Waals surface area contributed by atoms with E-state index in [1.54, 1.807) is 11.0 Å². The number of nitrogens with one attached hydrogen (secondary N) is 1. The molecule has 4 rings (SSSR count). The summed E-state index contributed by atoms with van der Waals surface area (Å²) in [6, 6.07) is 8.00. The Morgan fingerprint density at radius 3 is 2.70 bits per heavy atom. The van der Waals surface area contributed by atoms with Crippen molar-refractivity contribution in [1.29, 1.82) is 0 Å². The van der Waals surface area contributed by atoms with E-state index in [-0.39, 0.29) is 17.2 Å². The van der Waals surface area contributed by atoms with Crippen LogP contribution in [-0.2, 0) is 4.74 Å². The Morgan fingerprint density at radius 1 is 1.21 bits per heavy atom. The quantitative estimate of drug-likeness (QED) is 0.527. The number of anilines is 2. The molecule has 0 atom stereocenters. The van der Waals surface area contributed by atoms with Crippen LogP contribution in [0.5, 0.6) is 11.5 Å². The molecular formula is C23H24ClFN4O4. The van der Waals surface area contributed by atoms with E-state index in [0.717, 1.165) is 0 Å². The highest BCUT2D eigenvalue weighted by Crippen LogP contribution is 2.36. The number of amides is 1. The number of piperidine rings is 1. The van der Waals surface area contributed by atoms with Gasteiger partial charge in [0.15, 0.2) is 11.5 Å². The van der Waals surface area contributed by atoms with Crippen LogP contribution in [0.4, 0.5) is 20.7 Å². The number of methoxy groups -OCH3 is 1. The summed E-state index contributed by atoms with van der Waals surface area (Å²) in [5.74, 6) is 1.17.